The predicted molar refractivity (Wildman–Crippen MR) is 111 cm³/mol. The lowest BCUT2D eigenvalue weighted by atomic mass is 9.98. The van der Waals surface area contributed by atoms with E-state index in [1.54, 1.807) is 18.2 Å². The molecule has 2 aliphatic rings. The highest BCUT2D eigenvalue weighted by molar-refractivity contribution is 5.89. The maximum Gasteiger partial charge on any atom is 0.337 e. The zero-order chi connectivity index (χ0) is 21.1. The van der Waals surface area contributed by atoms with E-state index in [0.29, 0.717) is 12.1 Å². The number of benzene rings is 2. The average Bonchev–Trinajstić information content (AvgIpc) is 3.54. The van der Waals surface area contributed by atoms with Crippen LogP contribution in [0.4, 0.5) is 4.39 Å². The summed E-state index contributed by atoms with van der Waals surface area (Å²) in [6.45, 7) is 1.39. The maximum absolute atomic E-state index is 13.6. The number of carbonyl (C=O) groups is 2. The highest BCUT2D eigenvalue weighted by Crippen LogP contribution is 2.45. The van der Waals surface area contributed by atoms with E-state index in [-0.39, 0.29) is 29.3 Å². The number of nitrogens with zero attached hydrogens (tertiary/aromatic N) is 1. The van der Waals surface area contributed by atoms with Crippen molar-refractivity contribution in [1.29, 1.82) is 0 Å². The minimum absolute atomic E-state index is 0.0284. The summed E-state index contributed by atoms with van der Waals surface area (Å²) in [4.78, 5) is 27.0. The van der Waals surface area contributed by atoms with Crippen LogP contribution in [0.2, 0.25) is 0 Å². The summed E-state index contributed by atoms with van der Waals surface area (Å²) in [5, 5.41) is 3.27. The fraction of sp³-hybridized carbons (Fsp3) is 0.417. The summed E-state index contributed by atoms with van der Waals surface area (Å²) in [5.41, 5.74) is 2.04. The molecule has 0 bridgehead atoms. The monoisotopic (exact) mass is 410 g/mol. The van der Waals surface area contributed by atoms with Crippen molar-refractivity contribution in [3.05, 3.63) is 71.0 Å². The van der Waals surface area contributed by atoms with Gasteiger partial charge in [-0.3, -0.25) is 9.69 Å². The van der Waals surface area contributed by atoms with Gasteiger partial charge in [-0.25, -0.2) is 9.18 Å². The fourth-order valence-electron chi connectivity index (χ4n) is 4.32. The lowest BCUT2D eigenvalue weighted by Crippen LogP contribution is -2.51. The molecule has 1 atom stereocenters. The van der Waals surface area contributed by atoms with Gasteiger partial charge in [-0.2, -0.15) is 0 Å². The van der Waals surface area contributed by atoms with Crippen molar-refractivity contribution < 1.29 is 18.7 Å². The second-order valence-corrected chi connectivity index (χ2v) is 8.25. The van der Waals surface area contributed by atoms with Gasteiger partial charge in [0.25, 0.3) is 0 Å². The number of hydrogen-bond donors (Lipinski definition) is 1. The van der Waals surface area contributed by atoms with Gasteiger partial charge in [0.1, 0.15) is 5.82 Å². The molecular formula is C24H27FN2O3. The number of carbonyl (C=O) groups excluding carboxylic acids is 2. The van der Waals surface area contributed by atoms with Gasteiger partial charge >= 0.3 is 5.97 Å². The maximum atomic E-state index is 13.6. The highest BCUT2D eigenvalue weighted by Gasteiger charge is 2.47. The molecule has 4 rings (SSSR count). The number of methoxy groups -OCH3 is 1. The molecule has 1 saturated heterocycles. The van der Waals surface area contributed by atoms with E-state index in [1.165, 1.54) is 19.2 Å². The number of nitrogens with one attached hydrogen (secondary N) is 1. The molecule has 30 heavy (non-hydrogen) atoms. The number of likely N-dealkylation sites (tertiary alicyclic amines) is 1. The number of piperidine rings is 1. The third-order valence-electron chi connectivity index (χ3n) is 6.16. The van der Waals surface area contributed by atoms with Crippen molar-refractivity contribution in [3.8, 4) is 0 Å². The number of ether oxygens (including phenoxy) is 1. The van der Waals surface area contributed by atoms with Gasteiger partial charge < -0.3 is 10.1 Å². The number of amides is 1. The Hall–Kier alpha value is -2.73. The van der Waals surface area contributed by atoms with Crippen LogP contribution in [0.25, 0.3) is 0 Å². The minimum atomic E-state index is -0.370. The zero-order valence-corrected chi connectivity index (χ0v) is 17.2. The van der Waals surface area contributed by atoms with Gasteiger partial charge in [0.2, 0.25) is 5.91 Å². The Morgan fingerprint density at radius 3 is 2.60 bits per heavy atom. The molecule has 2 fully saturated rings. The van der Waals surface area contributed by atoms with Crippen molar-refractivity contribution in [1.82, 2.24) is 10.2 Å². The molecule has 158 valence electrons. The van der Waals surface area contributed by atoms with E-state index >= 15 is 0 Å². The Kier molecular flexibility index (Phi) is 5.86. The van der Waals surface area contributed by atoms with Crippen LogP contribution in [0.3, 0.4) is 0 Å². The molecule has 1 aliphatic heterocycles. The van der Waals surface area contributed by atoms with Crippen molar-refractivity contribution in [2.75, 3.05) is 13.7 Å². The van der Waals surface area contributed by atoms with Crippen LogP contribution in [0.1, 0.15) is 53.6 Å². The van der Waals surface area contributed by atoms with Crippen molar-refractivity contribution >= 4 is 11.9 Å². The molecular weight excluding hydrogens is 383 g/mol. The Morgan fingerprint density at radius 2 is 1.93 bits per heavy atom. The normalized spacial score (nSPS) is 20.4. The molecule has 2 aromatic carbocycles. The summed E-state index contributed by atoms with van der Waals surface area (Å²) in [6.07, 6.45) is 4.62. The third-order valence-corrected chi connectivity index (χ3v) is 6.16. The topological polar surface area (TPSA) is 58.6 Å². The Balaban J connectivity index is 1.45. The van der Waals surface area contributed by atoms with Crippen molar-refractivity contribution in [2.24, 2.45) is 0 Å². The molecule has 1 heterocycles. The number of esters is 1. The second-order valence-electron chi connectivity index (χ2n) is 8.25. The second kappa shape index (κ2) is 8.56. The molecule has 0 radical (unpaired) electrons. The van der Waals surface area contributed by atoms with E-state index in [0.717, 1.165) is 49.8 Å². The van der Waals surface area contributed by atoms with Gasteiger partial charge in [-0.1, -0.05) is 30.7 Å². The van der Waals surface area contributed by atoms with E-state index in [9.17, 15) is 14.0 Å². The van der Waals surface area contributed by atoms with Crippen LogP contribution >= 0.6 is 0 Å². The van der Waals surface area contributed by atoms with Gasteiger partial charge in [0.15, 0.2) is 0 Å². The van der Waals surface area contributed by atoms with Crippen molar-refractivity contribution in [3.63, 3.8) is 0 Å². The molecule has 1 aliphatic carbocycles. The predicted octanol–water partition coefficient (Wildman–Crippen LogP) is 3.77. The minimum Gasteiger partial charge on any atom is -0.465 e. The Bertz CT molecular complexity index is 924. The number of halogens is 1. The fourth-order valence-corrected chi connectivity index (χ4v) is 4.32. The van der Waals surface area contributed by atoms with Crippen LogP contribution in [-0.4, -0.2) is 36.5 Å². The van der Waals surface area contributed by atoms with Crippen LogP contribution < -0.4 is 5.32 Å². The number of rotatable bonds is 6. The standard InChI is InChI=1S/C24H27FN2O3/c1-30-23(29)18-8-10-19(11-9-18)24(12-13-24)26-22(28)21-7-2-3-14-27(21)16-17-5-4-6-20(25)15-17/h4-6,8-11,15,21H,2-3,7,12-14,16H2,1H3,(H,26,28). The molecule has 1 unspecified atom stereocenters. The molecule has 6 heteroatoms. The van der Waals surface area contributed by atoms with E-state index < -0.39 is 0 Å². The summed E-state index contributed by atoms with van der Waals surface area (Å²) >= 11 is 0. The first kappa shape index (κ1) is 20.5. The summed E-state index contributed by atoms with van der Waals surface area (Å²) < 4.78 is 18.3. The van der Waals surface area contributed by atoms with Gasteiger partial charge in [0.05, 0.1) is 24.3 Å². The summed E-state index contributed by atoms with van der Waals surface area (Å²) in [6, 6.07) is 13.6. The quantitative estimate of drug-likeness (QED) is 0.737. The van der Waals surface area contributed by atoms with Crippen LogP contribution in [0.15, 0.2) is 48.5 Å². The molecule has 0 spiro atoms. The summed E-state index contributed by atoms with van der Waals surface area (Å²) in [5.74, 6) is -0.593. The highest BCUT2D eigenvalue weighted by atomic mass is 19.1. The van der Waals surface area contributed by atoms with Crippen LogP contribution in [0, 0.1) is 5.82 Å². The van der Waals surface area contributed by atoms with E-state index in [1.807, 2.05) is 18.2 Å². The first-order chi connectivity index (χ1) is 14.5. The van der Waals surface area contributed by atoms with E-state index in [2.05, 4.69) is 10.2 Å². The smallest absolute Gasteiger partial charge is 0.337 e. The van der Waals surface area contributed by atoms with E-state index in [4.69, 9.17) is 4.74 Å². The largest absolute Gasteiger partial charge is 0.465 e. The van der Waals surface area contributed by atoms with Gasteiger partial charge in [0, 0.05) is 6.54 Å². The molecule has 0 aromatic heterocycles. The summed E-state index contributed by atoms with van der Waals surface area (Å²) in [7, 11) is 1.36. The first-order valence-corrected chi connectivity index (χ1v) is 10.5. The molecule has 1 N–H and O–H groups in total. The SMILES string of the molecule is COC(=O)c1ccc(C2(NC(=O)C3CCCCN3Cc3cccc(F)c3)CC2)cc1. The lowest BCUT2D eigenvalue weighted by Gasteiger charge is -2.35. The first-order valence-electron chi connectivity index (χ1n) is 10.5. The van der Waals surface area contributed by atoms with Crippen LogP contribution in [0.5, 0.6) is 0 Å². The lowest BCUT2D eigenvalue weighted by molar-refractivity contribution is -0.129. The average molecular weight is 410 g/mol. The van der Waals surface area contributed by atoms with Crippen LogP contribution in [-0.2, 0) is 21.6 Å². The molecule has 5 nitrogen and oxygen atoms in total. The third kappa shape index (κ3) is 4.38. The molecule has 2 aromatic rings. The molecule has 1 saturated carbocycles. The van der Waals surface area contributed by atoms with Crippen molar-refractivity contribution in [2.45, 2.75) is 50.2 Å². The Labute approximate surface area is 176 Å². The number of hydrogen-bond acceptors (Lipinski definition) is 4. The van der Waals surface area contributed by atoms with Gasteiger partial charge in [-0.15, -0.1) is 0 Å². The zero-order valence-electron chi connectivity index (χ0n) is 17.2. The Morgan fingerprint density at radius 1 is 1.17 bits per heavy atom. The van der Waals surface area contributed by atoms with Gasteiger partial charge in [-0.05, 0) is 67.6 Å². The molecule has 1 amide bonds.